The van der Waals surface area contributed by atoms with Crippen LogP contribution in [0.4, 0.5) is 4.39 Å². The maximum Gasteiger partial charge on any atom is 0.141 e. The van der Waals surface area contributed by atoms with Crippen LogP contribution in [0.2, 0.25) is 0 Å². The minimum Gasteiger partial charge on any atom is -0.457 e. The zero-order chi connectivity index (χ0) is 13.1. The van der Waals surface area contributed by atoms with Gasteiger partial charge < -0.3 is 10.5 Å². The number of ether oxygens (including phenoxy) is 1. The summed E-state index contributed by atoms with van der Waals surface area (Å²) in [5.74, 6) is 0.662. The maximum atomic E-state index is 13.4. The molecule has 0 radical (unpaired) electrons. The van der Waals surface area contributed by atoms with Crippen LogP contribution in [0.1, 0.15) is 11.3 Å². The molecule has 0 unspecified atom stereocenters. The molecule has 5 heteroatoms. The van der Waals surface area contributed by atoms with Crippen molar-refractivity contribution < 1.29 is 9.13 Å². The second-order valence-electron chi connectivity index (χ2n) is 3.82. The van der Waals surface area contributed by atoms with Crippen molar-refractivity contribution in [2.75, 3.05) is 0 Å². The van der Waals surface area contributed by atoms with Gasteiger partial charge in [0.1, 0.15) is 17.3 Å². The minimum atomic E-state index is -0.368. The summed E-state index contributed by atoms with van der Waals surface area (Å²) in [5.41, 5.74) is 7.21. The van der Waals surface area contributed by atoms with Crippen LogP contribution in [-0.4, -0.2) is 4.98 Å². The molecule has 0 saturated heterocycles. The van der Waals surface area contributed by atoms with E-state index in [9.17, 15) is 4.39 Å². The summed E-state index contributed by atoms with van der Waals surface area (Å²) in [5, 5.41) is 0. The molecule has 2 aromatic rings. The summed E-state index contributed by atoms with van der Waals surface area (Å²) in [6.07, 6.45) is 1.67. The zero-order valence-corrected chi connectivity index (χ0v) is 11.4. The quantitative estimate of drug-likeness (QED) is 0.943. The number of nitrogens with zero attached hydrogens (tertiary/aromatic N) is 1. The van der Waals surface area contributed by atoms with Crippen LogP contribution in [0.5, 0.6) is 11.5 Å². The SMILES string of the molecule is Cc1cc(Oc2ccc(Br)c(F)c2)c(CN)cn1. The van der Waals surface area contributed by atoms with Crippen molar-refractivity contribution in [3.05, 3.63) is 52.0 Å². The fourth-order valence-corrected chi connectivity index (χ4v) is 1.73. The van der Waals surface area contributed by atoms with Crippen molar-refractivity contribution in [3.8, 4) is 11.5 Å². The number of hydrogen-bond donors (Lipinski definition) is 1. The number of nitrogens with two attached hydrogens (primary N) is 1. The number of pyridine rings is 1. The van der Waals surface area contributed by atoms with E-state index in [0.717, 1.165) is 11.3 Å². The highest BCUT2D eigenvalue weighted by Crippen LogP contribution is 2.28. The van der Waals surface area contributed by atoms with Crippen LogP contribution in [0, 0.1) is 12.7 Å². The molecular formula is C13H12BrFN2O. The molecule has 3 nitrogen and oxygen atoms in total. The van der Waals surface area contributed by atoms with Crippen LogP contribution in [0.3, 0.4) is 0 Å². The second kappa shape index (κ2) is 5.46. The summed E-state index contributed by atoms with van der Waals surface area (Å²) in [6, 6.07) is 6.38. The van der Waals surface area contributed by atoms with Crippen LogP contribution in [0.25, 0.3) is 0 Å². The van der Waals surface area contributed by atoms with E-state index >= 15 is 0 Å². The number of aromatic nitrogens is 1. The first-order chi connectivity index (χ1) is 8.60. The Hall–Kier alpha value is -1.46. The molecule has 0 saturated carbocycles. The highest BCUT2D eigenvalue weighted by Gasteiger charge is 2.07. The van der Waals surface area contributed by atoms with Gasteiger partial charge in [-0.1, -0.05) is 0 Å². The molecule has 94 valence electrons. The molecule has 0 aliphatic rings. The topological polar surface area (TPSA) is 48.1 Å². The van der Waals surface area contributed by atoms with Crippen LogP contribution in [0.15, 0.2) is 34.9 Å². The molecule has 1 heterocycles. The van der Waals surface area contributed by atoms with E-state index in [-0.39, 0.29) is 5.82 Å². The Labute approximate surface area is 113 Å². The molecule has 2 N–H and O–H groups in total. The van der Waals surface area contributed by atoms with E-state index in [1.54, 1.807) is 24.4 Å². The summed E-state index contributed by atoms with van der Waals surface area (Å²) >= 11 is 3.09. The first-order valence-electron chi connectivity index (χ1n) is 5.38. The molecule has 18 heavy (non-hydrogen) atoms. The van der Waals surface area contributed by atoms with Crippen molar-refractivity contribution in [1.29, 1.82) is 0 Å². The highest BCUT2D eigenvalue weighted by molar-refractivity contribution is 9.10. The average molecular weight is 311 g/mol. The predicted molar refractivity (Wildman–Crippen MR) is 71.0 cm³/mol. The fraction of sp³-hybridized carbons (Fsp3) is 0.154. The van der Waals surface area contributed by atoms with Crippen molar-refractivity contribution in [1.82, 2.24) is 4.98 Å². The number of hydrogen-bond acceptors (Lipinski definition) is 3. The molecule has 0 aliphatic heterocycles. The van der Waals surface area contributed by atoms with E-state index in [2.05, 4.69) is 20.9 Å². The lowest BCUT2D eigenvalue weighted by molar-refractivity contribution is 0.469. The van der Waals surface area contributed by atoms with E-state index in [4.69, 9.17) is 10.5 Å². The summed E-state index contributed by atoms with van der Waals surface area (Å²) in [7, 11) is 0. The van der Waals surface area contributed by atoms with Crippen LogP contribution < -0.4 is 10.5 Å². The minimum absolute atomic E-state index is 0.321. The normalized spacial score (nSPS) is 10.4. The maximum absolute atomic E-state index is 13.4. The van der Waals surface area contributed by atoms with Gasteiger partial charge >= 0.3 is 0 Å². The van der Waals surface area contributed by atoms with Crippen molar-refractivity contribution in [2.24, 2.45) is 5.73 Å². The van der Waals surface area contributed by atoms with Crippen molar-refractivity contribution in [3.63, 3.8) is 0 Å². The second-order valence-corrected chi connectivity index (χ2v) is 4.67. The molecule has 2 rings (SSSR count). The fourth-order valence-electron chi connectivity index (χ4n) is 1.48. The van der Waals surface area contributed by atoms with E-state index < -0.39 is 0 Å². The van der Waals surface area contributed by atoms with Gasteiger partial charge in [0.2, 0.25) is 0 Å². The van der Waals surface area contributed by atoms with Gasteiger partial charge in [0, 0.05) is 36.1 Å². The van der Waals surface area contributed by atoms with Gasteiger partial charge in [0.25, 0.3) is 0 Å². The number of aryl methyl sites for hydroxylation is 1. The molecular weight excluding hydrogens is 299 g/mol. The average Bonchev–Trinajstić information content (AvgIpc) is 2.34. The third-order valence-electron chi connectivity index (χ3n) is 2.42. The molecule has 1 aromatic carbocycles. The summed E-state index contributed by atoms with van der Waals surface area (Å²) in [6.45, 7) is 2.18. The van der Waals surface area contributed by atoms with Gasteiger partial charge in [-0.3, -0.25) is 4.98 Å². The van der Waals surface area contributed by atoms with E-state index in [1.165, 1.54) is 6.07 Å². The summed E-state index contributed by atoms with van der Waals surface area (Å²) < 4.78 is 19.4. The Kier molecular flexibility index (Phi) is 3.93. The van der Waals surface area contributed by atoms with Gasteiger partial charge in [0.05, 0.1) is 4.47 Å². The Morgan fingerprint density at radius 3 is 2.83 bits per heavy atom. The first-order valence-corrected chi connectivity index (χ1v) is 6.18. The summed E-state index contributed by atoms with van der Waals surface area (Å²) in [4.78, 5) is 4.14. The lowest BCUT2D eigenvalue weighted by Crippen LogP contribution is -2.01. The molecule has 1 aromatic heterocycles. The lowest BCUT2D eigenvalue weighted by atomic mass is 10.2. The van der Waals surface area contributed by atoms with Crippen LogP contribution >= 0.6 is 15.9 Å². The Morgan fingerprint density at radius 1 is 1.39 bits per heavy atom. The number of benzene rings is 1. The van der Waals surface area contributed by atoms with Crippen molar-refractivity contribution in [2.45, 2.75) is 13.5 Å². The molecule has 0 spiro atoms. The monoisotopic (exact) mass is 310 g/mol. The molecule has 0 amide bonds. The van der Waals surface area contributed by atoms with Gasteiger partial charge in [-0.05, 0) is 35.0 Å². The first kappa shape index (κ1) is 13.0. The van der Waals surface area contributed by atoms with Gasteiger partial charge in [-0.2, -0.15) is 0 Å². The molecule has 0 atom stereocenters. The Morgan fingerprint density at radius 2 is 2.17 bits per heavy atom. The smallest absolute Gasteiger partial charge is 0.141 e. The van der Waals surface area contributed by atoms with Gasteiger partial charge in [-0.15, -0.1) is 0 Å². The standard InChI is InChI=1S/C13H12BrFN2O/c1-8-4-13(9(6-16)7-17-8)18-10-2-3-11(14)12(15)5-10/h2-5,7H,6,16H2,1H3. The third-order valence-corrected chi connectivity index (χ3v) is 3.06. The van der Waals surface area contributed by atoms with Crippen LogP contribution in [-0.2, 0) is 6.54 Å². The van der Waals surface area contributed by atoms with E-state index in [1.807, 2.05) is 6.92 Å². The molecule has 0 bridgehead atoms. The lowest BCUT2D eigenvalue weighted by Gasteiger charge is -2.10. The molecule has 0 fully saturated rings. The van der Waals surface area contributed by atoms with E-state index in [0.29, 0.717) is 22.5 Å². The van der Waals surface area contributed by atoms with Crippen molar-refractivity contribution >= 4 is 15.9 Å². The predicted octanol–water partition coefficient (Wildman–Crippen LogP) is 3.54. The third kappa shape index (κ3) is 2.86. The Bertz CT molecular complexity index is 575. The van der Waals surface area contributed by atoms with Gasteiger partial charge in [0.15, 0.2) is 0 Å². The largest absolute Gasteiger partial charge is 0.457 e. The zero-order valence-electron chi connectivity index (χ0n) is 9.78. The highest BCUT2D eigenvalue weighted by atomic mass is 79.9. The van der Waals surface area contributed by atoms with Gasteiger partial charge in [-0.25, -0.2) is 4.39 Å². The Balaban J connectivity index is 2.33. The number of rotatable bonds is 3. The number of halogens is 2. The molecule has 0 aliphatic carbocycles.